The Morgan fingerprint density at radius 3 is 2.56 bits per heavy atom. The van der Waals surface area contributed by atoms with E-state index < -0.39 is 53.8 Å². The van der Waals surface area contributed by atoms with Crippen LogP contribution >= 0.6 is 0 Å². The molecule has 2 aromatic rings. The van der Waals surface area contributed by atoms with Gasteiger partial charge < -0.3 is 39.4 Å². The van der Waals surface area contributed by atoms with Crippen LogP contribution in [0.1, 0.15) is 74.4 Å². The Balaban J connectivity index is 1.18. The molecule has 3 aliphatic rings. The molecule has 2 saturated heterocycles. The highest BCUT2D eigenvalue weighted by molar-refractivity contribution is 5.98. The predicted octanol–water partition coefficient (Wildman–Crippen LogP) is 3.84. The van der Waals surface area contributed by atoms with Crippen LogP contribution in [0.2, 0.25) is 0 Å². The van der Waals surface area contributed by atoms with E-state index in [2.05, 4.69) is 5.32 Å². The molecule has 12 heteroatoms. The van der Waals surface area contributed by atoms with Gasteiger partial charge in [-0.15, -0.1) is 0 Å². The Labute approximate surface area is 292 Å². The van der Waals surface area contributed by atoms with E-state index in [0.717, 1.165) is 11.1 Å². The second-order valence-corrected chi connectivity index (χ2v) is 13.7. The molecule has 2 fully saturated rings. The molecule has 0 aromatic heterocycles. The molecule has 5 rings (SSSR count). The minimum atomic E-state index is -0.793. The molecule has 0 bridgehead atoms. The summed E-state index contributed by atoms with van der Waals surface area (Å²) in [6.45, 7) is 5.28. The van der Waals surface area contributed by atoms with Crippen molar-refractivity contribution in [1.82, 2.24) is 10.2 Å². The number of esters is 2. The summed E-state index contributed by atoms with van der Waals surface area (Å²) in [6, 6.07) is 12.6. The van der Waals surface area contributed by atoms with Gasteiger partial charge >= 0.3 is 11.9 Å². The molecule has 2 heterocycles. The summed E-state index contributed by atoms with van der Waals surface area (Å²) in [6.07, 6.45) is 5.45. The van der Waals surface area contributed by atoms with Crippen molar-refractivity contribution in [2.24, 2.45) is 0 Å². The topological polar surface area (TPSA) is 161 Å². The minimum absolute atomic E-state index is 0.0102. The fraction of sp³-hybridized carbons (Fsp3) is 0.474. The predicted molar refractivity (Wildman–Crippen MR) is 183 cm³/mol. The number of rotatable bonds is 12. The van der Waals surface area contributed by atoms with Crippen molar-refractivity contribution in [3.63, 3.8) is 0 Å². The van der Waals surface area contributed by atoms with Crippen LogP contribution in [0.15, 0.2) is 66.3 Å². The van der Waals surface area contributed by atoms with Gasteiger partial charge in [0.25, 0.3) is 0 Å². The van der Waals surface area contributed by atoms with Crippen molar-refractivity contribution in [3.8, 4) is 5.75 Å². The number of carbonyl (C=O) groups is 4. The molecule has 0 unspecified atom stereocenters. The molecule has 5 atom stereocenters. The largest absolute Gasteiger partial charge is 0.508 e. The third-order valence-corrected chi connectivity index (χ3v) is 8.82. The summed E-state index contributed by atoms with van der Waals surface area (Å²) < 4.78 is 22.7. The maximum atomic E-state index is 13.9. The number of phenolic OH excluding ortho intramolecular Hbond substituents is 1. The molecule has 0 saturated carbocycles. The van der Waals surface area contributed by atoms with Crippen molar-refractivity contribution in [3.05, 3.63) is 82.9 Å². The Bertz CT molecular complexity index is 1600. The molecular weight excluding hydrogens is 644 g/mol. The standard InChI is InChI=1S/C38H46N2O10/c1-38(2,3)50-33(43)18-17-28(22-41)39-35(44)29-11-7-19-40(29)36(45)27-20-31-34(48-23-47-31)32(21-27)49-37(46)26-15-13-24(14-16-26)8-6-10-25-9-4-5-12-30(25)42/h4-6,8-9,12-16,20,28-29,31-32,34,41-42H,7,10-11,17-19,21-23H2,1-3H3,(H,39,44)/t28-,29+,31+,32+,34+/m0/s1. The maximum Gasteiger partial charge on any atom is 0.338 e. The Kier molecular flexibility index (Phi) is 12.1. The van der Waals surface area contributed by atoms with E-state index in [1.807, 2.05) is 24.3 Å². The number of hydrogen-bond acceptors (Lipinski definition) is 10. The SMILES string of the molecule is CC(C)(C)OC(=O)CC[C@@H](CO)NC(=O)[C@H]1CCCN1C(=O)C1=C[C@H]2OCO[C@H]2[C@H](OC(=O)c2ccc(C=CCc3ccccc3O)cc2)C1. The summed E-state index contributed by atoms with van der Waals surface area (Å²) in [4.78, 5) is 54.1. The molecule has 50 heavy (non-hydrogen) atoms. The van der Waals surface area contributed by atoms with E-state index in [1.165, 1.54) is 4.90 Å². The van der Waals surface area contributed by atoms with Crippen LogP contribution in [-0.4, -0.2) is 94.8 Å². The molecule has 2 aliphatic heterocycles. The van der Waals surface area contributed by atoms with Gasteiger partial charge in [-0.25, -0.2) is 4.79 Å². The lowest BCUT2D eigenvalue weighted by atomic mass is 9.91. The first kappa shape index (κ1) is 36.8. The zero-order valence-corrected chi connectivity index (χ0v) is 28.7. The quantitative estimate of drug-likeness (QED) is 0.279. The zero-order valence-electron chi connectivity index (χ0n) is 28.7. The van der Waals surface area contributed by atoms with E-state index in [1.54, 1.807) is 63.2 Å². The van der Waals surface area contributed by atoms with Gasteiger partial charge in [-0.05, 0) is 81.9 Å². The molecule has 0 radical (unpaired) electrons. The van der Waals surface area contributed by atoms with E-state index >= 15 is 0 Å². The van der Waals surface area contributed by atoms with Gasteiger partial charge in [0.2, 0.25) is 11.8 Å². The number of aliphatic hydroxyl groups excluding tert-OH is 1. The number of hydrogen-bond donors (Lipinski definition) is 3. The number of ether oxygens (including phenoxy) is 4. The van der Waals surface area contributed by atoms with Crippen LogP contribution in [0, 0.1) is 0 Å². The number of phenols is 1. The lowest BCUT2D eigenvalue weighted by molar-refractivity contribution is -0.155. The summed E-state index contributed by atoms with van der Waals surface area (Å²) in [7, 11) is 0. The lowest BCUT2D eigenvalue weighted by Crippen LogP contribution is -2.51. The molecular formula is C38H46N2O10. The van der Waals surface area contributed by atoms with E-state index in [-0.39, 0.29) is 44.3 Å². The highest BCUT2D eigenvalue weighted by Gasteiger charge is 2.45. The van der Waals surface area contributed by atoms with Crippen molar-refractivity contribution in [2.75, 3.05) is 19.9 Å². The van der Waals surface area contributed by atoms with Gasteiger partial charge in [-0.1, -0.05) is 42.5 Å². The number of nitrogens with one attached hydrogen (secondary N) is 1. The molecule has 12 nitrogen and oxygen atoms in total. The summed E-state index contributed by atoms with van der Waals surface area (Å²) in [5, 5.41) is 22.6. The molecule has 2 amide bonds. The number of amides is 2. The zero-order chi connectivity index (χ0) is 35.8. The molecule has 0 spiro atoms. The highest BCUT2D eigenvalue weighted by Crippen LogP contribution is 2.33. The van der Waals surface area contributed by atoms with Gasteiger partial charge in [-0.3, -0.25) is 14.4 Å². The number of likely N-dealkylation sites (tertiary alicyclic amines) is 1. The normalized spacial score (nSPS) is 22.5. The number of nitrogens with zero attached hydrogens (tertiary/aromatic N) is 1. The van der Waals surface area contributed by atoms with E-state index in [4.69, 9.17) is 18.9 Å². The third kappa shape index (κ3) is 9.58. The van der Waals surface area contributed by atoms with Gasteiger partial charge in [0.15, 0.2) is 0 Å². The fourth-order valence-electron chi connectivity index (χ4n) is 6.31. The van der Waals surface area contributed by atoms with Crippen LogP contribution in [0.5, 0.6) is 5.75 Å². The third-order valence-electron chi connectivity index (χ3n) is 8.82. The van der Waals surface area contributed by atoms with Crippen LogP contribution in [0.25, 0.3) is 6.08 Å². The number of para-hydroxylation sites is 1. The highest BCUT2D eigenvalue weighted by atomic mass is 16.7. The van der Waals surface area contributed by atoms with Crippen molar-refractivity contribution in [2.45, 2.75) is 95.3 Å². The molecule has 2 aromatic carbocycles. The molecule has 1 aliphatic carbocycles. The summed E-state index contributed by atoms with van der Waals surface area (Å²) >= 11 is 0. The summed E-state index contributed by atoms with van der Waals surface area (Å²) in [5.41, 5.74) is 1.74. The number of carbonyl (C=O) groups excluding carboxylic acids is 4. The van der Waals surface area contributed by atoms with Crippen LogP contribution in [-0.2, 0) is 39.8 Å². The van der Waals surface area contributed by atoms with Crippen LogP contribution in [0.4, 0.5) is 0 Å². The second-order valence-electron chi connectivity index (χ2n) is 13.7. The number of benzene rings is 2. The lowest BCUT2D eigenvalue weighted by Gasteiger charge is -2.33. The first-order chi connectivity index (χ1) is 23.9. The van der Waals surface area contributed by atoms with Crippen LogP contribution < -0.4 is 5.32 Å². The maximum absolute atomic E-state index is 13.9. The van der Waals surface area contributed by atoms with Crippen LogP contribution in [0.3, 0.4) is 0 Å². The monoisotopic (exact) mass is 690 g/mol. The van der Waals surface area contributed by atoms with Crippen molar-refractivity contribution >= 4 is 29.8 Å². The van der Waals surface area contributed by atoms with Gasteiger partial charge in [0, 0.05) is 25.0 Å². The van der Waals surface area contributed by atoms with Crippen molar-refractivity contribution < 1.29 is 48.3 Å². The Morgan fingerprint density at radius 1 is 1.08 bits per heavy atom. The first-order valence-corrected chi connectivity index (χ1v) is 17.0. The number of fused-ring (bicyclic) bond motifs is 1. The number of allylic oxidation sites excluding steroid dienone is 1. The van der Waals surface area contributed by atoms with E-state index in [9.17, 15) is 29.4 Å². The average molecular weight is 691 g/mol. The molecule has 3 N–H and O–H groups in total. The summed E-state index contributed by atoms with van der Waals surface area (Å²) in [5.74, 6) is -1.52. The van der Waals surface area contributed by atoms with Gasteiger partial charge in [0.1, 0.15) is 42.5 Å². The van der Waals surface area contributed by atoms with Gasteiger partial charge in [0.05, 0.1) is 18.2 Å². The average Bonchev–Trinajstić information content (AvgIpc) is 3.77. The Morgan fingerprint density at radius 2 is 1.84 bits per heavy atom. The van der Waals surface area contributed by atoms with E-state index in [0.29, 0.717) is 36.9 Å². The first-order valence-electron chi connectivity index (χ1n) is 17.0. The van der Waals surface area contributed by atoms with Crippen molar-refractivity contribution in [1.29, 1.82) is 0 Å². The number of aliphatic hydroxyl groups is 1. The second kappa shape index (κ2) is 16.5. The molecule has 268 valence electrons. The van der Waals surface area contributed by atoms with Gasteiger partial charge in [-0.2, -0.15) is 0 Å². The number of aromatic hydroxyl groups is 1. The Hall–Kier alpha value is -4.52. The fourth-order valence-corrected chi connectivity index (χ4v) is 6.31. The smallest absolute Gasteiger partial charge is 0.338 e. The minimum Gasteiger partial charge on any atom is -0.508 e.